The minimum atomic E-state index is 0.476. The van der Waals surface area contributed by atoms with Gasteiger partial charge in [0.05, 0.1) is 34.4 Å². The third kappa shape index (κ3) is 2.47. The molecule has 1 aromatic heterocycles. The maximum Gasteiger partial charge on any atom is 0.142 e. The summed E-state index contributed by atoms with van der Waals surface area (Å²) in [5, 5.41) is 0.476. The van der Waals surface area contributed by atoms with Crippen molar-refractivity contribution in [3.63, 3.8) is 0 Å². The molecule has 0 saturated carbocycles. The molecule has 0 atom stereocenters. The summed E-state index contributed by atoms with van der Waals surface area (Å²) in [6, 6.07) is 7.48. The molecular weight excluding hydrogens is 354 g/mol. The Morgan fingerprint density at radius 2 is 2.05 bits per heavy atom. The number of aromatic nitrogens is 2. The number of H-pyrrole nitrogens is 1. The Bertz CT molecular complexity index is 845. The van der Waals surface area contributed by atoms with E-state index in [-0.39, 0.29) is 0 Å². The Morgan fingerprint density at radius 3 is 2.76 bits per heavy atom. The summed E-state index contributed by atoms with van der Waals surface area (Å²) in [5.74, 6) is 1.33. The van der Waals surface area contributed by atoms with E-state index in [9.17, 15) is 0 Å². The standard InChI is InChI=1S/C15H13BrClN3O/c1-7-3-8(16)4-12-14(7)20-15(19-12)9-5-10(17)11(18)6-13(9)21-2/h3-6H,18H2,1-2H3,(H,19,20). The van der Waals surface area contributed by atoms with Crippen LogP contribution >= 0.6 is 27.5 Å². The van der Waals surface area contributed by atoms with Gasteiger partial charge < -0.3 is 15.5 Å². The highest BCUT2D eigenvalue weighted by Crippen LogP contribution is 2.36. The second-order valence-electron chi connectivity index (χ2n) is 4.78. The van der Waals surface area contributed by atoms with Crippen LogP contribution in [0.4, 0.5) is 5.69 Å². The lowest BCUT2D eigenvalue weighted by atomic mass is 10.1. The molecule has 0 aliphatic rings. The number of ether oxygens (including phenoxy) is 1. The van der Waals surface area contributed by atoms with Crippen molar-refractivity contribution in [2.24, 2.45) is 0 Å². The van der Waals surface area contributed by atoms with Crippen molar-refractivity contribution in [1.29, 1.82) is 0 Å². The van der Waals surface area contributed by atoms with Crippen LogP contribution in [0.2, 0.25) is 5.02 Å². The molecule has 21 heavy (non-hydrogen) atoms. The minimum absolute atomic E-state index is 0.476. The molecule has 6 heteroatoms. The van der Waals surface area contributed by atoms with Gasteiger partial charge >= 0.3 is 0 Å². The number of halogens is 2. The minimum Gasteiger partial charge on any atom is -0.496 e. The van der Waals surface area contributed by atoms with E-state index in [2.05, 4.69) is 25.9 Å². The topological polar surface area (TPSA) is 63.9 Å². The number of hydrogen-bond donors (Lipinski definition) is 2. The number of nitrogens with one attached hydrogen (secondary N) is 1. The number of aromatic amines is 1. The smallest absolute Gasteiger partial charge is 0.142 e. The molecule has 0 fully saturated rings. The molecule has 1 heterocycles. The highest BCUT2D eigenvalue weighted by atomic mass is 79.9. The second-order valence-corrected chi connectivity index (χ2v) is 6.10. The van der Waals surface area contributed by atoms with E-state index in [0.717, 1.165) is 26.6 Å². The largest absolute Gasteiger partial charge is 0.496 e. The molecule has 0 bridgehead atoms. The predicted octanol–water partition coefficient (Wildman–Crippen LogP) is 4.55. The van der Waals surface area contributed by atoms with Crippen molar-refractivity contribution in [3.8, 4) is 17.1 Å². The van der Waals surface area contributed by atoms with Crippen molar-refractivity contribution < 1.29 is 4.74 Å². The van der Waals surface area contributed by atoms with E-state index in [1.807, 2.05) is 19.1 Å². The van der Waals surface area contributed by atoms with E-state index in [4.69, 9.17) is 22.1 Å². The first-order valence-electron chi connectivity index (χ1n) is 6.29. The average molecular weight is 367 g/mol. The number of imidazole rings is 1. The quantitative estimate of drug-likeness (QED) is 0.654. The predicted molar refractivity (Wildman–Crippen MR) is 89.9 cm³/mol. The van der Waals surface area contributed by atoms with Crippen molar-refractivity contribution in [1.82, 2.24) is 9.97 Å². The van der Waals surface area contributed by atoms with Gasteiger partial charge in [0, 0.05) is 10.5 Å². The molecule has 108 valence electrons. The number of nitrogens with two attached hydrogens (primary N) is 1. The first-order valence-corrected chi connectivity index (χ1v) is 7.46. The molecule has 0 amide bonds. The van der Waals surface area contributed by atoms with Gasteiger partial charge in [-0.1, -0.05) is 27.5 Å². The van der Waals surface area contributed by atoms with Crippen LogP contribution in [-0.2, 0) is 0 Å². The van der Waals surface area contributed by atoms with Crippen LogP contribution in [0.25, 0.3) is 22.4 Å². The lowest BCUT2D eigenvalue weighted by Gasteiger charge is -2.08. The highest BCUT2D eigenvalue weighted by molar-refractivity contribution is 9.10. The summed E-state index contributed by atoms with van der Waals surface area (Å²) in [7, 11) is 1.59. The number of rotatable bonds is 2. The summed E-state index contributed by atoms with van der Waals surface area (Å²) in [4.78, 5) is 7.94. The van der Waals surface area contributed by atoms with Gasteiger partial charge in [0.15, 0.2) is 0 Å². The number of hydrogen-bond acceptors (Lipinski definition) is 3. The molecule has 2 aromatic carbocycles. The summed E-state index contributed by atoms with van der Waals surface area (Å²) >= 11 is 9.61. The van der Waals surface area contributed by atoms with Gasteiger partial charge in [-0.25, -0.2) is 4.98 Å². The van der Waals surface area contributed by atoms with Crippen LogP contribution in [0.1, 0.15) is 5.56 Å². The average Bonchev–Trinajstić information content (AvgIpc) is 2.85. The Balaban J connectivity index is 2.25. The van der Waals surface area contributed by atoms with Gasteiger partial charge in [0.2, 0.25) is 0 Å². The molecule has 3 rings (SSSR count). The van der Waals surface area contributed by atoms with Crippen LogP contribution in [0.5, 0.6) is 5.75 Å². The van der Waals surface area contributed by atoms with E-state index in [1.54, 1.807) is 19.2 Å². The summed E-state index contributed by atoms with van der Waals surface area (Å²) < 4.78 is 6.38. The fraction of sp³-hybridized carbons (Fsp3) is 0.133. The van der Waals surface area contributed by atoms with Crippen molar-refractivity contribution in [2.45, 2.75) is 6.92 Å². The van der Waals surface area contributed by atoms with Crippen LogP contribution in [-0.4, -0.2) is 17.1 Å². The van der Waals surface area contributed by atoms with Gasteiger partial charge in [-0.15, -0.1) is 0 Å². The molecule has 3 aromatic rings. The van der Waals surface area contributed by atoms with Crippen LogP contribution in [0.3, 0.4) is 0 Å². The molecule has 0 saturated heterocycles. The number of nitrogens with zero attached hydrogens (tertiary/aromatic N) is 1. The number of nitrogen functional groups attached to an aromatic ring is 1. The first-order chi connectivity index (χ1) is 9.99. The zero-order chi connectivity index (χ0) is 15.1. The monoisotopic (exact) mass is 365 g/mol. The lowest BCUT2D eigenvalue weighted by molar-refractivity contribution is 0.416. The van der Waals surface area contributed by atoms with Gasteiger partial charge in [0.1, 0.15) is 11.6 Å². The fourth-order valence-electron chi connectivity index (χ4n) is 2.30. The maximum atomic E-state index is 6.12. The third-order valence-electron chi connectivity index (χ3n) is 3.32. The van der Waals surface area contributed by atoms with Gasteiger partial charge in [0.25, 0.3) is 0 Å². The molecular formula is C15H13BrClN3O. The number of anilines is 1. The summed E-state index contributed by atoms with van der Waals surface area (Å²) in [6.07, 6.45) is 0. The van der Waals surface area contributed by atoms with Gasteiger partial charge in [-0.2, -0.15) is 0 Å². The highest BCUT2D eigenvalue weighted by Gasteiger charge is 2.14. The number of benzene rings is 2. The van der Waals surface area contributed by atoms with Crippen LogP contribution in [0, 0.1) is 6.92 Å². The summed E-state index contributed by atoms with van der Waals surface area (Å²) in [6.45, 7) is 2.02. The normalized spacial score (nSPS) is 11.0. The lowest BCUT2D eigenvalue weighted by Crippen LogP contribution is -1.93. The first kappa shape index (κ1) is 14.2. The van der Waals surface area contributed by atoms with Crippen LogP contribution in [0.15, 0.2) is 28.7 Å². The Labute approximate surface area is 135 Å². The molecule has 4 nitrogen and oxygen atoms in total. The summed E-state index contributed by atoms with van der Waals surface area (Å²) in [5.41, 5.74) is 10.0. The molecule has 0 aliphatic heterocycles. The van der Waals surface area contributed by atoms with E-state index in [1.165, 1.54) is 0 Å². The second kappa shape index (κ2) is 5.24. The van der Waals surface area contributed by atoms with E-state index in [0.29, 0.717) is 22.3 Å². The Hall–Kier alpha value is -1.72. The Kier molecular flexibility index (Phi) is 3.55. The molecule has 0 spiro atoms. The van der Waals surface area contributed by atoms with Crippen LogP contribution < -0.4 is 10.5 Å². The van der Waals surface area contributed by atoms with Gasteiger partial charge in [-0.05, 0) is 30.7 Å². The van der Waals surface area contributed by atoms with E-state index < -0.39 is 0 Å². The SMILES string of the molecule is COc1cc(N)c(Cl)cc1-c1nc2c(C)cc(Br)cc2[nH]1. The number of aryl methyl sites for hydroxylation is 1. The zero-order valence-electron chi connectivity index (χ0n) is 11.5. The Morgan fingerprint density at radius 1 is 1.29 bits per heavy atom. The molecule has 3 N–H and O–H groups in total. The van der Waals surface area contributed by atoms with Crippen molar-refractivity contribution >= 4 is 44.3 Å². The van der Waals surface area contributed by atoms with E-state index >= 15 is 0 Å². The van der Waals surface area contributed by atoms with Crippen molar-refractivity contribution in [2.75, 3.05) is 12.8 Å². The van der Waals surface area contributed by atoms with Crippen molar-refractivity contribution in [3.05, 3.63) is 39.3 Å². The number of methoxy groups -OCH3 is 1. The maximum absolute atomic E-state index is 6.12. The molecule has 0 unspecified atom stereocenters. The van der Waals surface area contributed by atoms with Gasteiger partial charge in [-0.3, -0.25) is 0 Å². The molecule has 0 radical (unpaired) electrons. The molecule has 0 aliphatic carbocycles. The third-order valence-corrected chi connectivity index (χ3v) is 4.10. The fourth-order valence-corrected chi connectivity index (χ4v) is 3.03. The zero-order valence-corrected chi connectivity index (χ0v) is 13.8. The number of fused-ring (bicyclic) bond motifs is 1.